The Labute approximate surface area is 121 Å². The van der Waals surface area contributed by atoms with Gasteiger partial charge in [0.25, 0.3) is 5.69 Å². The maximum Gasteiger partial charge on any atom is 0.341 e. The van der Waals surface area contributed by atoms with E-state index >= 15 is 0 Å². The van der Waals surface area contributed by atoms with Crippen molar-refractivity contribution in [3.05, 3.63) is 27.8 Å². The highest BCUT2D eigenvalue weighted by Crippen LogP contribution is 2.33. The Kier molecular flexibility index (Phi) is 4.59. The van der Waals surface area contributed by atoms with Crippen molar-refractivity contribution in [3.63, 3.8) is 0 Å². The molecule has 0 radical (unpaired) electrons. The number of rotatable bonds is 6. The summed E-state index contributed by atoms with van der Waals surface area (Å²) in [7, 11) is 2.57. The summed E-state index contributed by atoms with van der Waals surface area (Å²) in [6.45, 7) is 1.14. The maximum absolute atomic E-state index is 11.7. The van der Waals surface area contributed by atoms with Gasteiger partial charge in [-0.2, -0.15) is 0 Å². The monoisotopic (exact) mass is 296 g/mol. The van der Waals surface area contributed by atoms with Gasteiger partial charge >= 0.3 is 5.97 Å². The number of nitro groups is 1. The molecule has 1 heterocycles. The van der Waals surface area contributed by atoms with Gasteiger partial charge in [-0.15, -0.1) is 0 Å². The first-order chi connectivity index (χ1) is 10.1. The van der Waals surface area contributed by atoms with Gasteiger partial charge < -0.3 is 19.5 Å². The van der Waals surface area contributed by atoms with Crippen molar-refractivity contribution in [1.82, 2.24) is 0 Å². The van der Waals surface area contributed by atoms with E-state index in [1.54, 1.807) is 0 Å². The van der Waals surface area contributed by atoms with Crippen molar-refractivity contribution >= 4 is 17.3 Å². The van der Waals surface area contributed by atoms with Crippen LogP contribution in [0, 0.1) is 10.1 Å². The minimum Gasteiger partial charge on any atom is -0.496 e. The highest BCUT2D eigenvalue weighted by molar-refractivity contribution is 5.95. The van der Waals surface area contributed by atoms with Crippen molar-refractivity contribution in [2.24, 2.45) is 0 Å². The first-order valence-electron chi connectivity index (χ1n) is 6.37. The number of nitrogens with one attached hydrogen (secondary N) is 1. The number of benzene rings is 1. The van der Waals surface area contributed by atoms with E-state index in [4.69, 9.17) is 9.47 Å². The molecular formula is C13H16N2O6. The van der Waals surface area contributed by atoms with Crippen LogP contribution in [0.4, 0.5) is 11.4 Å². The van der Waals surface area contributed by atoms with Gasteiger partial charge in [-0.1, -0.05) is 0 Å². The lowest BCUT2D eigenvalue weighted by atomic mass is 10.1. The summed E-state index contributed by atoms with van der Waals surface area (Å²) >= 11 is 0. The summed E-state index contributed by atoms with van der Waals surface area (Å²) < 4.78 is 14.9. The van der Waals surface area contributed by atoms with Crippen molar-refractivity contribution in [3.8, 4) is 5.75 Å². The van der Waals surface area contributed by atoms with Crippen molar-refractivity contribution in [2.45, 2.75) is 12.5 Å². The first kappa shape index (κ1) is 15.0. The van der Waals surface area contributed by atoms with E-state index in [9.17, 15) is 14.9 Å². The number of methoxy groups -OCH3 is 2. The quantitative estimate of drug-likeness (QED) is 0.483. The zero-order valence-corrected chi connectivity index (χ0v) is 11.8. The fourth-order valence-electron chi connectivity index (χ4n) is 1.97. The van der Waals surface area contributed by atoms with Gasteiger partial charge in [0, 0.05) is 13.2 Å². The van der Waals surface area contributed by atoms with Gasteiger partial charge in [0.15, 0.2) is 0 Å². The number of carbonyl (C=O) groups is 1. The normalized spacial score (nSPS) is 16.8. The van der Waals surface area contributed by atoms with Crippen LogP contribution in [0.25, 0.3) is 0 Å². The van der Waals surface area contributed by atoms with E-state index in [1.807, 2.05) is 0 Å². The Morgan fingerprint density at radius 3 is 2.71 bits per heavy atom. The van der Waals surface area contributed by atoms with Crippen LogP contribution in [0.1, 0.15) is 16.8 Å². The predicted molar refractivity (Wildman–Crippen MR) is 73.8 cm³/mol. The summed E-state index contributed by atoms with van der Waals surface area (Å²) in [5.74, 6) is -0.524. The maximum atomic E-state index is 11.7. The second-order valence-corrected chi connectivity index (χ2v) is 4.48. The van der Waals surface area contributed by atoms with E-state index in [0.717, 1.165) is 6.42 Å². The van der Waals surface area contributed by atoms with E-state index in [0.29, 0.717) is 13.2 Å². The molecule has 1 N–H and O–H groups in total. The molecule has 0 amide bonds. The fraction of sp³-hybridized carbons (Fsp3) is 0.462. The summed E-state index contributed by atoms with van der Waals surface area (Å²) in [6, 6.07) is 2.57. The molecule has 1 aromatic carbocycles. The number of hydrogen-bond donors (Lipinski definition) is 1. The molecule has 1 aliphatic rings. The van der Waals surface area contributed by atoms with Gasteiger partial charge in [0.1, 0.15) is 17.0 Å². The first-order valence-corrected chi connectivity index (χ1v) is 6.37. The highest BCUT2D eigenvalue weighted by atomic mass is 16.6. The molecule has 114 valence electrons. The Morgan fingerprint density at radius 1 is 1.52 bits per heavy atom. The van der Waals surface area contributed by atoms with Gasteiger partial charge in [-0.05, 0) is 12.5 Å². The molecule has 0 aromatic heterocycles. The lowest BCUT2D eigenvalue weighted by molar-refractivity contribution is -0.384. The molecule has 1 aromatic rings. The molecule has 0 unspecified atom stereocenters. The average molecular weight is 296 g/mol. The number of nitrogens with zero attached hydrogens (tertiary/aromatic N) is 1. The van der Waals surface area contributed by atoms with Crippen LogP contribution in [0.2, 0.25) is 0 Å². The topological polar surface area (TPSA) is 99.9 Å². The third kappa shape index (κ3) is 3.22. The van der Waals surface area contributed by atoms with Crippen LogP contribution in [-0.4, -0.2) is 44.4 Å². The molecule has 1 saturated heterocycles. The molecule has 2 rings (SSSR count). The number of ether oxygens (including phenoxy) is 3. The number of esters is 1. The van der Waals surface area contributed by atoms with E-state index in [-0.39, 0.29) is 28.8 Å². The predicted octanol–water partition coefficient (Wildman–Crippen LogP) is 1.59. The largest absolute Gasteiger partial charge is 0.496 e. The molecule has 0 saturated carbocycles. The standard InChI is InChI=1S/C13H16N2O6/c1-19-12-6-11(15(17)18)10(5-9(12)13(16)20-2)14-7-8-3-4-21-8/h5-6,8,14H,3-4,7H2,1-2H3/t8-/m0/s1. The average Bonchev–Trinajstić information content (AvgIpc) is 2.43. The number of nitro benzene ring substituents is 1. The lowest BCUT2D eigenvalue weighted by Gasteiger charge is -2.26. The van der Waals surface area contributed by atoms with Gasteiger partial charge in [0.2, 0.25) is 0 Å². The van der Waals surface area contributed by atoms with Crippen LogP contribution in [0.3, 0.4) is 0 Å². The summed E-state index contributed by atoms with van der Waals surface area (Å²) in [5.41, 5.74) is 0.193. The minimum absolute atomic E-state index is 0.0354. The molecule has 8 nitrogen and oxygen atoms in total. The summed E-state index contributed by atoms with van der Waals surface area (Å²) in [4.78, 5) is 22.3. The van der Waals surface area contributed by atoms with E-state index in [1.165, 1.54) is 26.4 Å². The molecule has 0 bridgehead atoms. The van der Waals surface area contributed by atoms with Crippen molar-refractivity contribution < 1.29 is 23.9 Å². The molecule has 1 aliphatic heterocycles. The number of anilines is 1. The van der Waals surface area contributed by atoms with Crippen LogP contribution >= 0.6 is 0 Å². The Balaban J connectivity index is 2.33. The van der Waals surface area contributed by atoms with Gasteiger partial charge in [0.05, 0.1) is 31.3 Å². The SMILES string of the molecule is COC(=O)c1cc(NC[C@@H]2CCO2)c([N+](=O)[O-])cc1OC. The molecule has 0 spiro atoms. The third-order valence-corrected chi connectivity index (χ3v) is 3.23. The number of carbonyl (C=O) groups excluding carboxylic acids is 1. The lowest BCUT2D eigenvalue weighted by Crippen LogP contribution is -2.33. The van der Waals surface area contributed by atoms with E-state index < -0.39 is 10.9 Å². The second kappa shape index (κ2) is 6.40. The zero-order valence-electron chi connectivity index (χ0n) is 11.8. The third-order valence-electron chi connectivity index (χ3n) is 3.23. The Morgan fingerprint density at radius 2 is 2.24 bits per heavy atom. The Hall–Kier alpha value is -2.35. The molecule has 8 heteroatoms. The van der Waals surface area contributed by atoms with Gasteiger partial charge in [-0.3, -0.25) is 10.1 Å². The molecule has 1 atom stereocenters. The summed E-state index contributed by atoms with van der Waals surface area (Å²) in [6.07, 6.45) is 0.939. The molecular weight excluding hydrogens is 280 g/mol. The Bertz CT molecular complexity index is 556. The van der Waals surface area contributed by atoms with Crippen LogP contribution < -0.4 is 10.1 Å². The van der Waals surface area contributed by atoms with Crippen molar-refractivity contribution in [2.75, 3.05) is 32.7 Å². The fourth-order valence-corrected chi connectivity index (χ4v) is 1.97. The zero-order chi connectivity index (χ0) is 15.4. The molecule has 0 aliphatic carbocycles. The second-order valence-electron chi connectivity index (χ2n) is 4.48. The minimum atomic E-state index is -0.621. The van der Waals surface area contributed by atoms with Crippen LogP contribution in [0.5, 0.6) is 5.75 Å². The highest BCUT2D eigenvalue weighted by Gasteiger charge is 2.24. The van der Waals surface area contributed by atoms with Crippen molar-refractivity contribution in [1.29, 1.82) is 0 Å². The van der Waals surface area contributed by atoms with Crippen LogP contribution in [-0.2, 0) is 9.47 Å². The van der Waals surface area contributed by atoms with Crippen LogP contribution in [0.15, 0.2) is 12.1 Å². The molecule has 1 fully saturated rings. The van der Waals surface area contributed by atoms with Gasteiger partial charge in [-0.25, -0.2) is 4.79 Å². The smallest absolute Gasteiger partial charge is 0.341 e. The number of hydrogen-bond acceptors (Lipinski definition) is 7. The van der Waals surface area contributed by atoms with E-state index in [2.05, 4.69) is 10.1 Å². The summed E-state index contributed by atoms with van der Waals surface area (Å²) in [5, 5.41) is 14.1. The molecule has 21 heavy (non-hydrogen) atoms.